The number of hydrogen-bond acceptors (Lipinski definition) is 9. The van der Waals surface area contributed by atoms with Gasteiger partial charge in [-0.2, -0.15) is 13.2 Å². The van der Waals surface area contributed by atoms with Crippen LogP contribution in [0.1, 0.15) is 67.4 Å². The lowest BCUT2D eigenvalue weighted by molar-refractivity contribution is -0.219. The molecule has 308 valence electrons. The van der Waals surface area contributed by atoms with Crippen LogP contribution in [0.4, 0.5) is 18.9 Å². The number of rotatable bonds is 4. The van der Waals surface area contributed by atoms with Crippen LogP contribution in [0.15, 0.2) is 48.6 Å². The number of anilines is 1. The van der Waals surface area contributed by atoms with Crippen LogP contribution in [-0.2, 0) is 32.5 Å². The summed E-state index contributed by atoms with van der Waals surface area (Å²) in [5, 5.41) is -0.326. The van der Waals surface area contributed by atoms with Crippen molar-refractivity contribution in [2.24, 2.45) is 17.8 Å². The van der Waals surface area contributed by atoms with Crippen molar-refractivity contribution >= 4 is 33.2 Å². The van der Waals surface area contributed by atoms with Crippen molar-refractivity contribution in [1.29, 1.82) is 0 Å². The summed E-state index contributed by atoms with van der Waals surface area (Å²) in [6, 6.07) is 10.9. The van der Waals surface area contributed by atoms with Gasteiger partial charge in [-0.15, -0.1) is 0 Å². The van der Waals surface area contributed by atoms with E-state index in [4.69, 9.17) is 25.8 Å². The van der Waals surface area contributed by atoms with E-state index in [0.717, 1.165) is 49.9 Å². The molecule has 5 aliphatic rings. The molecule has 2 saturated heterocycles. The van der Waals surface area contributed by atoms with E-state index < -0.39 is 45.5 Å². The predicted molar refractivity (Wildman–Crippen MR) is 210 cm³/mol. The van der Waals surface area contributed by atoms with Crippen molar-refractivity contribution < 1.29 is 40.6 Å². The molecule has 10 nitrogen and oxygen atoms in total. The smallest absolute Gasteiger partial charge is 0.411 e. The third kappa shape index (κ3) is 9.52. The average molecular weight is 823 g/mol. The van der Waals surface area contributed by atoms with E-state index in [1.807, 2.05) is 30.4 Å². The van der Waals surface area contributed by atoms with Crippen LogP contribution in [0.3, 0.4) is 0 Å². The van der Waals surface area contributed by atoms with Crippen LogP contribution >= 0.6 is 11.6 Å². The molecule has 1 N–H and O–H groups in total. The highest BCUT2D eigenvalue weighted by Gasteiger charge is 2.51. The largest absolute Gasteiger partial charge is 0.487 e. The zero-order valence-corrected chi connectivity index (χ0v) is 33.8. The molecular weight excluding hydrogens is 769 g/mol. The number of nitrogens with one attached hydrogen (secondary N) is 1. The van der Waals surface area contributed by atoms with Crippen molar-refractivity contribution in [3.05, 3.63) is 70.3 Å². The van der Waals surface area contributed by atoms with Crippen molar-refractivity contribution in [1.82, 2.24) is 14.5 Å². The first-order valence-corrected chi connectivity index (χ1v) is 21.9. The number of carbonyl (C=O) groups is 1. The summed E-state index contributed by atoms with van der Waals surface area (Å²) < 4.78 is 90.5. The number of morpholine rings is 1. The number of alkyl halides is 3. The first-order chi connectivity index (χ1) is 26.7. The first kappa shape index (κ1) is 41.3. The highest BCUT2D eigenvalue weighted by Crippen LogP contribution is 2.47. The third-order valence-electron chi connectivity index (χ3n) is 12.7. The van der Waals surface area contributed by atoms with Gasteiger partial charge in [-0.1, -0.05) is 36.7 Å². The molecule has 2 bridgehead atoms. The summed E-state index contributed by atoms with van der Waals surface area (Å²) in [4.78, 5) is 20.4. The van der Waals surface area contributed by atoms with Gasteiger partial charge in [0, 0.05) is 62.4 Å². The first-order valence-electron chi connectivity index (χ1n) is 20.0. The molecule has 0 aromatic heterocycles. The number of halogens is 4. The fraction of sp³-hybridized carbons (Fsp3) is 0.634. The van der Waals surface area contributed by atoms with E-state index in [9.17, 15) is 26.4 Å². The monoisotopic (exact) mass is 822 g/mol. The van der Waals surface area contributed by atoms with Crippen LogP contribution in [0.2, 0.25) is 5.02 Å². The molecule has 2 aromatic rings. The number of ether oxygens (including phenoxy) is 3. The van der Waals surface area contributed by atoms with Crippen molar-refractivity contribution in [3.8, 4) is 5.75 Å². The average Bonchev–Trinajstić information content (AvgIpc) is 3.17. The Balaban J connectivity index is 1.28. The lowest BCUT2D eigenvalue weighted by Gasteiger charge is -2.53. The Labute approximate surface area is 333 Å². The molecule has 1 saturated carbocycles. The van der Waals surface area contributed by atoms with Crippen LogP contribution in [0.5, 0.6) is 5.75 Å². The molecule has 0 unspecified atom stereocenters. The lowest BCUT2D eigenvalue weighted by atomic mass is 9.63. The lowest BCUT2D eigenvalue weighted by Crippen LogP contribution is -2.63. The van der Waals surface area contributed by atoms with Gasteiger partial charge in [-0.25, -0.2) is 13.1 Å². The standard InChI is InChI=1S/C41H54ClF3N4O6S/c1-28-6-5-14-40(55-27-41(43,44)45,26-47-16-17-48-18-19-53-25-35(48)23-47)36-12-9-32(36)22-49-15-4-3-7-30-20-34(42)11-8-33(30)24-54-38-13-10-31(21-37(38)49)39(50)46-56(51,52)29(28)2/h5,8,10-11,13-14,20-21,28-29,32,35-36H,3-4,6-7,9,12,15-19,22-27H2,1-2H3,(H,46,50)/b14-5+/t28-,29+,32-,35-,36+,40-/m0/s1. The minimum absolute atomic E-state index is 0.0386. The minimum atomic E-state index is -4.55. The molecule has 4 aliphatic heterocycles. The van der Waals surface area contributed by atoms with Crippen molar-refractivity contribution in [2.75, 3.05) is 70.5 Å². The predicted octanol–water partition coefficient (Wildman–Crippen LogP) is 6.47. The highest BCUT2D eigenvalue weighted by molar-refractivity contribution is 7.90. The number of allylic oxidation sites excluding steroid dienone is 1. The van der Waals surface area contributed by atoms with Gasteiger partial charge in [0.05, 0.1) is 24.2 Å². The normalized spacial score (nSPS) is 31.3. The Kier molecular flexibility index (Phi) is 12.6. The topological polar surface area (TPSA) is 101 Å². The summed E-state index contributed by atoms with van der Waals surface area (Å²) in [5.41, 5.74) is 1.61. The Bertz CT molecular complexity index is 1870. The number of benzene rings is 2. The molecule has 0 radical (unpaired) electrons. The number of hydrogen-bond donors (Lipinski definition) is 1. The molecule has 7 rings (SSSR count). The van der Waals surface area contributed by atoms with Gasteiger partial charge >= 0.3 is 6.18 Å². The molecule has 0 spiro atoms. The van der Waals surface area contributed by atoms with Gasteiger partial charge in [0.1, 0.15) is 24.6 Å². The summed E-state index contributed by atoms with van der Waals surface area (Å²) in [5.74, 6) is -0.958. The Morgan fingerprint density at radius 3 is 2.64 bits per heavy atom. The second kappa shape index (κ2) is 17.1. The number of aryl methyl sites for hydroxylation is 1. The maximum absolute atomic E-state index is 14.2. The summed E-state index contributed by atoms with van der Waals surface area (Å²) in [6.45, 7) is 7.76. The fourth-order valence-corrected chi connectivity index (χ4v) is 10.5. The zero-order chi connectivity index (χ0) is 39.7. The van der Waals surface area contributed by atoms with E-state index >= 15 is 0 Å². The fourth-order valence-electron chi connectivity index (χ4n) is 9.07. The van der Waals surface area contributed by atoms with Gasteiger partial charge in [0.15, 0.2) is 0 Å². The maximum atomic E-state index is 14.2. The summed E-state index contributed by atoms with van der Waals surface area (Å²) >= 11 is 6.38. The summed E-state index contributed by atoms with van der Waals surface area (Å²) in [6.07, 6.45) is 3.23. The zero-order valence-electron chi connectivity index (χ0n) is 32.2. The molecule has 6 atom stereocenters. The van der Waals surface area contributed by atoms with E-state index in [2.05, 4.69) is 19.4 Å². The van der Waals surface area contributed by atoms with Gasteiger partial charge < -0.3 is 19.1 Å². The SMILES string of the molecule is C[C@@H]1[C@@H](C)C/C=C/[C@@](CN2CCN3CCOC[C@@H]3C2)(OCC(F)(F)F)[C@@H]2CC[C@H]2CN2CCCCc3cc(Cl)ccc3COc3ccc(cc32)C(=O)NS1(=O)=O. The highest BCUT2D eigenvalue weighted by atomic mass is 35.5. The van der Waals surface area contributed by atoms with Gasteiger partial charge in [0.2, 0.25) is 10.0 Å². The maximum Gasteiger partial charge on any atom is 0.411 e. The van der Waals surface area contributed by atoms with Crippen molar-refractivity contribution in [2.45, 2.75) is 82.0 Å². The quantitative estimate of drug-likeness (QED) is 0.349. The van der Waals surface area contributed by atoms with Crippen LogP contribution < -0.4 is 14.4 Å². The number of carbonyl (C=O) groups excluding carboxylic acids is 1. The molecule has 4 heterocycles. The molecule has 1 amide bonds. The molecular formula is C41H54ClF3N4O6S. The Morgan fingerprint density at radius 2 is 1.86 bits per heavy atom. The Hall–Kier alpha value is -2.88. The molecule has 15 heteroatoms. The van der Waals surface area contributed by atoms with E-state index in [0.29, 0.717) is 62.3 Å². The number of piperazine rings is 1. The van der Waals surface area contributed by atoms with E-state index in [1.165, 1.54) is 0 Å². The number of amides is 1. The second-order valence-corrected chi connectivity index (χ2v) is 18.9. The molecule has 56 heavy (non-hydrogen) atoms. The number of sulfonamides is 1. The van der Waals surface area contributed by atoms with E-state index in [-0.39, 0.29) is 43.0 Å². The van der Waals surface area contributed by atoms with Crippen LogP contribution in [0.25, 0.3) is 0 Å². The second-order valence-electron chi connectivity index (χ2n) is 16.4. The molecule has 1 aliphatic carbocycles. The Morgan fingerprint density at radius 1 is 1.02 bits per heavy atom. The van der Waals surface area contributed by atoms with Crippen molar-refractivity contribution in [3.63, 3.8) is 0 Å². The number of fused-ring (bicyclic) bond motifs is 4. The molecule has 3 fully saturated rings. The molecule has 2 aromatic carbocycles. The van der Waals surface area contributed by atoms with Gasteiger partial charge in [0.25, 0.3) is 5.91 Å². The minimum Gasteiger partial charge on any atom is -0.487 e. The number of nitrogens with zero attached hydrogens (tertiary/aromatic N) is 3. The van der Waals surface area contributed by atoms with Crippen LogP contribution in [0, 0.1) is 17.8 Å². The summed E-state index contributed by atoms with van der Waals surface area (Å²) in [7, 11) is -4.13. The van der Waals surface area contributed by atoms with Gasteiger partial charge in [-0.05, 0) is 105 Å². The third-order valence-corrected chi connectivity index (χ3v) is 14.8. The van der Waals surface area contributed by atoms with Crippen LogP contribution in [-0.4, -0.2) is 113 Å². The van der Waals surface area contributed by atoms with Gasteiger partial charge in [-0.3, -0.25) is 14.6 Å². The van der Waals surface area contributed by atoms with E-state index in [1.54, 1.807) is 32.0 Å².